The van der Waals surface area contributed by atoms with Gasteiger partial charge in [-0.05, 0) is 19.1 Å². The first-order valence-corrected chi connectivity index (χ1v) is 8.30. The molecule has 0 fully saturated rings. The van der Waals surface area contributed by atoms with Crippen molar-refractivity contribution in [3.05, 3.63) is 21.3 Å². The molecule has 0 aromatic carbocycles. The SMILES string of the molecule is CCOC(=O)NC(=O)COC(=O)CSCc1ccc(Cl)s1. The molecular weight excluding hydrogens is 338 g/mol. The molecule has 0 aliphatic carbocycles. The Morgan fingerprint density at radius 3 is 2.71 bits per heavy atom. The molecule has 0 atom stereocenters. The number of carbonyl (C=O) groups is 3. The molecule has 0 aliphatic heterocycles. The van der Waals surface area contributed by atoms with E-state index in [1.807, 2.05) is 11.4 Å². The summed E-state index contributed by atoms with van der Waals surface area (Å²) in [7, 11) is 0. The number of thiophene rings is 1. The van der Waals surface area contributed by atoms with Crippen LogP contribution in [0.5, 0.6) is 0 Å². The van der Waals surface area contributed by atoms with Gasteiger partial charge in [-0.3, -0.25) is 14.9 Å². The van der Waals surface area contributed by atoms with Crippen LogP contribution in [-0.2, 0) is 24.8 Å². The van der Waals surface area contributed by atoms with E-state index >= 15 is 0 Å². The maximum Gasteiger partial charge on any atom is 0.413 e. The van der Waals surface area contributed by atoms with Crippen LogP contribution >= 0.6 is 34.7 Å². The second-order valence-electron chi connectivity index (χ2n) is 3.63. The van der Waals surface area contributed by atoms with Crippen LogP contribution in [0, 0.1) is 0 Å². The van der Waals surface area contributed by atoms with Crippen molar-refractivity contribution in [1.29, 1.82) is 0 Å². The summed E-state index contributed by atoms with van der Waals surface area (Å²) in [5, 5.41) is 1.92. The van der Waals surface area contributed by atoms with Gasteiger partial charge in [0.25, 0.3) is 5.91 Å². The van der Waals surface area contributed by atoms with E-state index in [9.17, 15) is 14.4 Å². The first-order chi connectivity index (χ1) is 10.0. The molecule has 0 saturated carbocycles. The van der Waals surface area contributed by atoms with Crippen LogP contribution in [0.3, 0.4) is 0 Å². The second kappa shape index (κ2) is 9.64. The summed E-state index contributed by atoms with van der Waals surface area (Å²) in [6.07, 6.45) is -0.859. The molecule has 9 heteroatoms. The van der Waals surface area contributed by atoms with Crippen LogP contribution < -0.4 is 5.32 Å². The summed E-state index contributed by atoms with van der Waals surface area (Å²) in [6, 6.07) is 3.68. The number of nitrogens with one attached hydrogen (secondary N) is 1. The molecule has 6 nitrogen and oxygen atoms in total. The lowest BCUT2D eigenvalue weighted by Crippen LogP contribution is -2.34. The first kappa shape index (κ1) is 17.8. The number of amides is 2. The summed E-state index contributed by atoms with van der Waals surface area (Å²) >= 11 is 8.59. The second-order valence-corrected chi connectivity index (χ2v) is 6.41. The van der Waals surface area contributed by atoms with Gasteiger partial charge in [-0.25, -0.2) is 4.79 Å². The smallest absolute Gasteiger partial charge is 0.413 e. The van der Waals surface area contributed by atoms with E-state index in [1.165, 1.54) is 23.1 Å². The van der Waals surface area contributed by atoms with Gasteiger partial charge in [0.15, 0.2) is 6.61 Å². The monoisotopic (exact) mass is 351 g/mol. The molecule has 0 bridgehead atoms. The highest BCUT2D eigenvalue weighted by Crippen LogP contribution is 2.25. The molecule has 1 rings (SSSR count). The number of carbonyl (C=O) groups excluding carboxylic acids is 3. The standard InChI is InChI=1S/C12H14ClNO5S2/c1-2-18-12(17)14-10(15)5-19-11(16)7-20-6-8-3-4-9(13)21-8/h3-4H,2,5-7H2,1H3,(H,14,15,17). The van der Waals surface area contributed by atoms with Gasteiger partial charge in [0.05, 0.1) is 16.7 Å². The Labute approximate surface area is 135 Å². The van der Waals surface area contributed by atoms with Gasteiger partial charge in [0.2, 0.25) is 0 Å². The largest absolute Gasteiger partial charge is 0.455 e. The average molecular weight is 352 g/mol. The van der Waals surface area contributed by atoms with Gasteiger partial charge in [-0.15, -0.1) is 23.1 Å². The maximum atomic E-state index is 11.4. The fraction of sp³-hybridized carbons (Fsp3) is 0.417. The molecule has 0 unspecified atom stereocenters. The van der Waals surface area contributed by atoms with Gasteiger partial charge < -0.3 is 9.47 Å². The van der Waals surface area contributed by atoms with Crippen molar-refractivity contribution in [3.63, 3.8) is 0 Å². The number of esters is 1. The number of hydrogen-bond acceptors (Lipinski definition) is 7. The third-order valence-corrected chi connectivity index (χ3v) is 4.34. The summed E-state index contributed by atoms with van der Waals surface area (Å²) in [5.41, 5.74) is 0. The molecule has 0 saturated heterocycles. The Hall–Kier alpha value is -1.25. The number of ether oxygens (including phenoxy) is 2. The topological polar surface area (TPSA) is 81.7 Å². The van der Waals surface area contributed by atoms with Crippen LogP contribution in [0.4, 0.5) is 4.79 Å². The Balaban J connectivity index is 2.13. The molecule has 116 valence electrons. The predicted molar refractivity (Wildman–Crippen MR) is 81.6 cm³/mol. The summed E-state index contributed by atoms with van der Waals surface area (Å²) in [4.78, 5) is 34.6. The minimum atomic E-state index is -0.859. The van der Waals surface area contributed by atoms with Crippen molar-refractivity contribution in [2.24, 2.45) is 0 Å². The molecule has 1 aromatic heterocycles. The highest BCUT2D eigenvalue weighted by atomic mass is 35.5. The maximum absolute atomic E-state index is 11.4. The quantitative estimate of drug-likeness (QED) is 0.760. The molecule has 21 heavy (non-hydrogen) atoms. The number of imide groups is 1. The zero-order valence-corrected chi connectivity index (χ0v) is 13.6. The van der Waals surface area contributed by atoms with Crippen molar-refractivity contribution in [2.45, 2.75) is 12.7 Å². The van der Waals surface area contributed by atoms with E-state index < -0.39 is 24.6 Å². The van der Waals surface area contributed by atoms with Crippen LogP contribution in [0.2, 0.25) is 4.34 Å². The van der Waals surface area contributed by atoms with Gasteiger partial charge in [0, 0.05) is 10.6 Å². The number of rotatable bonds is 7. The lowest BCUT2D eigenvalue weighted by molar-refractivity contribution is -0.145. The Bertz CT molecular complexity index is 506. The van der Waals surface area contributed by atoms with E-state index in [1.54, 1.807) is 13.0 Å². The lowest BCUT2D eigenvalue weighted by atomic mass is 10.5. The molecule has 1 N–H and O–H groups in total. The third-order valence-electron chi connectivity index (χ3n) is 1.97. The van der Waals surface area contributed by atoms with Gasteiger partial charge >= 0.3 is 12.1 Å². The minimum absolute atomic E-state index is 0.113. The highest BCUT2D eigenvalue weighted by molar-refractivity contribution is 7.99. The fourth-order valence-corrected chi connectivity index (χ4v) is 3.19. The van der Waals surface area contributed by atoms with Crippen molar-refractivity contribution in [3.8, 4) is 0 Å². The average Bonchev–Trinajstić information content (AvgIpc) is 2.82. The normalized spacial score (nSPS) is 10.0. The Kier molecular flexibility index (Phi) is 8.17. The first-order valence-electron chi connectivity index (χ1n) is 5.95. The van der Waals surface area contributed by atoms with E-state index in [0.717, 1.165) is 4.88 Å². The Morgan fingerprint density at radius 2 is 2.10 bits per heavy atom. The van der Waals surface area contributed by atoms with E-state index in [-0.39, 0.29) is 12.4 Å². The lowest BCUT2D eigenvalue weighted by Gasteiger charge is -2.05. The van der Waals surface area contributed by atoms with Gasteiger partial charge in [-0.2, -0.15) is 0 Å². The number of alkyl carbamates (subject to hydrolysis) is 1. The minimum Gasteiger partial charge on any atom is -0.455 e. The van der Waals surface area contributed by atoms with Crippen LogP contribution in [-0.4, -0.2) is 36.9 Å². The molecule has 0 spiro atoms. The van der Waals surface area contributed by atoms with Crippen LogP contribution in [0.15, 0.2) is 12.1 Å². The molecule has 2 amide bonds. The molecule has 0 aliphatic rings. The van der Waals surface area contributed by atoms with E-state index in [0.29, 0.717) is 10.1 Å². The summed E-state index contributed by atoms with van der Waals surface area (Å²) in [5.74, 6) is -0.498. The van der Waals surface area contributed by atoms with E-state index in [4.69, 9.17) is 16.3 Å². The zero-order chi connectivity index (χ0) is 15.7. The predicted octanol–water partition coefficient (Wildman–Crippen LogP) is 2.45. The van der Waals surface area contributed by atoms with Crippen molar-refractivity contribution >= 4 is 52.7 Å². The third kappa shape index (κ3) is 7.93. The zero-order valence-electron chi connectivity index (χ0n) is 11.2. The molecule has 0 radical (unpaired) electrons. The Morgan fingerprint density at radius 1 is 1.33 bits per heavy atom. The molecular formula is C12H14ClNO5S2. The fourth-order valence-electron chi connectivity index (χ4n) is 1.17. The van der Waals surface area contributed by atoms with Crippen LogP contribution in [0.25, 0.3) is 0 Å². The number of halogens is 1. The van der Waals surface area contributed by atoms with Crippen molar-refractivity contribution in [2.75, 3.05) is 19.0 Å². The van der Waals surface area contributed by atoms with Gasteiger partial charge in [0.1, 0.15) is 0 Å². The number of hydrogen-bond donors (Lipinski definition) is 1. The molecule has 1 heterocycles. The highest BCUT2D eigenvalue weighted by Gasteiger charge is 2.11. The molecule has 1 aromatic rings. The van der Waals surface area contributed by atoms with Crippen molar-refractivity contribution < 1.29 is 23.9 Å². The van der Waals surface area contributed by atoms with Crippen LogP contribution in [0.1, 0.15) is 11.8 Å². The number of thioether (sulfide) groups is 1. The van der Waals surface area contributed by atoms with Crippen molar-refractivity contribution in [1.82, 2.24) is 5.32 Å². The summed E-state index contributed by atoms with van der Waals surface area (Å²) < 4.78 is 9.93. The summed E-state index contributed by atoms with van der Waals surface area (Å²) in [6.45, 7) is 1.26. The van der Waals surface area contributed by atoms with Gasteiger partial charge in [-0.1, -0.05) is 11.6 Å². The van der Waals surface area contributed by atoms with E-state index in [2.05, 4.69) is 4.74 Å².